The fraction of sp³-hybridized carbons (Fsp3) is 0.875. The monoisotopic (exact) mass is 296 g/mol. The number of nitrogens with zero attached hydrogens (tertiary/aromatic N) is 2. The summed E-state index contributed by atoms with van der Waals surface area (Å²) >= 11 is 0. The lowest BCUT2D eigenvalue weighted by atomic mass is 9.93. The number of likely N-dealkylation sites (tertiary alicyclic amines) is 2. The minimum absolute atomic E-state index is 0.182. The molecular formula is C16H28N2O3. The first-order chi connectivity index (χ1) is 10.1. The zero-order valence-electron chi connectivity index (χ0n) is 13.1. The van der Waals surface area contributed by atoms with Crippen LogP contribution >= 0.6 is 0 Å². The first kappa shape index (κ1) is 16.1. The van der Waals surface area contributed by atoms with Crippen molar-refractivity contribution in [3.63, 3.8) is 0 Å². The summed E-state index contributed by atoms with van der Waals surface area (Å²) < 4.78 is 0. The highest BCUT2D eigenvalue weighted by atomic mass is 16.4. The quantitative estimate of drug-likeness (QED) is 0.867. The molecule has 0 aromatic rings. The van der Waals surface area contributed by atoms with Gasteiger partial charge >= 0.3 is 12.0 Å². The smallest absolute Gasteiger partial charge is 0.320 e. The van der Waals surface area contributed by atoms with Gasteiger partial charge in [0, 0.05) is 32.1 Å². The normalized spacial score (nSPS) is 26.7. The number of aliphatic carboxylic acids is 1. The molecule has 0 bridgehead atoms. The number of hydrogen-bond acceptors (Lipinski definition) is 2. The Morgan fingerprint density at radius 1 is 1.14 bits per heavy atom. The van der Waals surface area contributed by atoms with Crippen molar-refractivity contribution in [1.29, 1.82) is 0 Å². The van der Waals surface area contributed by atoms with Crippen molar-refractivity contribution in [3.05, 3.63) is 0 Å². The number of hydrogen-bond donors (Lipinski definition) is 1. The summed E-state index contributed by atoms with van der Waals surface area (Å²) in [5.74, 6) is -0.385. The molecule has 2 rings (SSSR count). The van der Waals surface area contributed by atoms with E-state index in [2.05, 4.69) is 11.8 Å². The van der Waals surface area contributed by atoms with Gasteiger partial charge in [0.2, 0.25) is 0 Å². The molecule has 21 heavy (non-hydrogen) atoms. The summed E-state index contributed by atoms with van der Waals surface area (Å²) in [6, 6.07) is 0.576. The molecule has 2 atom stereocenters. The predicted molar refractivity (Wildman–Crippen MR) is 81.2 cm³/mol. The fourth-order valence-corrected chi connectivity index (χ4v) is 3.66. The Morgan fingerprint density at radius 2 is 1.95 bits per heavy atom. The van der Waals surface area contributed by atoms with Gasteiger partial charge in [-0.3, -0.25) is 4.79 Å². The Morgan fingerprint density at radius 3 is 2.67 bits per heavy atom. The van der Waals surface area contributed by atoms with Crippen LogP contribution in [0.4, 0.5) is 4.79 Å². The van der Waals surface area contributed by atoms with E-state index in [4.69, 9.17) is 5.11 Å². The summed E-state index contributed by atoms with van der Waals surface area (Å²) in [4.78, 5) is 27.5. The van der Waals surface area contributed by atoms with Crippen LogP contribution in [0.2, 0.25) is 0 Å². The maximum atomic E-state index is 12.7. The Hall–Kier alpha value is -1.26. The van der Waals surface area contributed by atoms with Crippen molar-refractivity contribution in [1.82, 2.24) is 9.80 Å². The topological polar surface area (TPSA) is 60.9 Å². The second kappa shape index (κ2) is 7.66. The van der Waals surface area contributed by atoms with Gasteiger partial charge in [0.05, 0.1) is 0 Å². The van der Waals surface area contributed by atoms with E-state index in [9.17, 15) is 9.59 Å². The molecule has 120 valence electrons. The molecule has 2 saturated heterocycles. The van der Waals surface area contributed by atoms with Crippen LogP contribution in [0, 0.1) is 5.92 Å². The van der Waals surface area contributed by atoms with Crippen molar-refractivity contribution >= 4 is 12.0 Å². The molecule has 0 saturated carbocycles. The molecular weight excluding hydrogens is 268 g/mol. The third-order valence-electron chi connectivity index (χ3n) is 4.90. The van der Waals surface area contributed by atoms with E-state index < -0.39 is 5.97 Å². The molecule has 0 aromatic carbocycles. The average Bonchev–Trinajstić information content (AvgIpc) is 2.52. The van der Waals surface area contributed by atoms with Gasteiger partial charge in [-0.2, -0.15) is 0 Å². The standard InChI is InChI=1S/C16H28N2O3/c1-2-14-7-3-4-11-18(14)16(21)17-10-5-6-13(12-17)8-9-15(19)20/h13-14H,2-12H2,1H3,(H,19,20). The van der Waals surface area contributed by atoms with Crippen molar-refractivity contribution in [3.8, 4) is 0 Å². The summed E-state index contributed by atoms with van der Waals surface area (Å²) in [5, 5.41) is 8.80. The maximum Gasteiger partial charge on any atom is 0.320 e. The number of rotatable bonds is 4. The predicted octanol–water partition coefficient (Wildman–Crippen LogP) is 2.95. The highest BCUT2D eigenvalue weighted by Gasteiger charge is 2.31. The van der Waals surface area contributed by atoms with Gasteiger partial charge in [0.15, 0.2) is 0 Å². The molecule has 2 fully saturated rings. The van der Waals surface area contributed by atoms with Crippen LogP contribution in [0.1, 0.15) is 58.3 Å². The molecule has 0 aromatic heterocycles. The SMILES string of the molecule is CCC1CCCCN1C(=O)N1CCCC(CCC(=O)O)C1. The highest BCUT2D eigenvalue weighted by Crippen LogP contribution is 2.25. The van der Waals surface area contributed by atoms with Crippen LogP contribution in [0.25, 0.3) is 0 Å². The zero-order chi connectivity index (χ0) is 15.2. The van der Waals surface area contributed by atoms with E-state index in [0.29, 0.717) is 18.4 Å². The Balaban J connectivity index is 1.90. The number of urea groups is 1. The zero-order valence-corrected chi connectivity index (χ0v) is 13.1. The van der Waals surface area contributed by atoms with Crippen molar-refractivity contribution in [2.45, 2.75) is 64.3 Å². The molecule has 2 heterocycles. The Labute approximate surface area is 127 Å². The summed E-state index contributed by atoms with van der Waals surface area (Å²) in [5.41, 5.74) is 0. The van der Waals surface area contributed by atoms with Crippen LogP contribution in [0.15, 0.2) is 0 Å². The van der Waals surface area contributed by atoms with Crippen LogP contribution in [0.3, 0.4) is 0 Å². The lowest BCUT2D eigenvalue weighted by Crippen LogP contribution is -2.52. The lowest BCUT2D eigenvalue weighted by molar-refractivity contribution is -0.137. The Bertz CT molecular complexity index is 373. The third-order valence-corrected chi connectivity index (χ3v) is 4.90. The number of piperidine rings is 2. The first-order valence-corrected chi connectivity index (χ1v) is 8.39. The molecule has 2 aliphatic rings. The molecule has 2 amide bonds. The number of amides is 2. The second-order valence-corrected chi connectivity index (χ2v) is 6.42. The van der Waals surface area contributed by atoms with E-state index in [1.807, 2.05) is 4.90 Å². The van der Waals surface area contributed by atoms with Crippen LogP contribution < -0.4 is 0 Å². The van der Waals surface area contributed by atoms with Crippen molar-refractivity contribution < 1.29 is 14.7 Å². The molecule has 2 unspecified atom stereocenters. The molecule has 2 aliphatic heterocycles. The van der Waals surface area contributed by atoms with E-state index in [-0.39, 0.29) is 12.5 Å². The number of carbonyl (C=O) groups excluding carboxylic acids is 1. The van der Waals surface area contributed by atoms with Gasteiger partial charge in [-0.1, -0.05) is 6.92 Å². The summed E-state index contributed by atoms with van der Waals surface area (Å²) in [6.45, 7) is 4.60. The van der Waals surface area contributed by atoms with E-state index in [1.165, 1.54) is 6.42 Å². The van der Waals surface area contributed by atoms with E-state index in [1.54, 1.807) is 0 Å². The molecule has 0 aliphatic carbocycles. The van der Waals surface area contributed by atoms with Gasteiger partial charge in [0.1, 0.15) is 0 Å². The van der Waals surface area contributed by atoms with Gasteiger partial charge in [-0.05, 0) is 50.9 Å². The van der Waals surface area contributed by atoms with Crippen LogP contribution in [-0.2, 0) is 4.79 Å². The largest absolute Gasteiger partial charge is 0.481 e. The van der Waals surface area contributed by atoms with Crippen molar-refractivity contribution in [2.24, 2.45) is 5.92 Å². The molecule has 0 spiro atoms. The van der Waals surface area contributed by atoms with Crippen LogP contribution in [-0.4, -0.2) is 52.6 Å². The molecule has 5 heteroatoms. The number of carboxylic acid groups (broad SMARTS) is 1. The van der Waals surface area contributed by atoms with Gasteiger partial charge in [0.25, 0.3) is 0 Å². The lowest BCUT2D eigenvalue weighted by Gasteiger charge is -2.41. The maximum absolute atomic E-state index is 12.7. The second-order valence-electron chi connectivity index (χ2n) is 6.42. The van der Waals surface area contributed by atoms with Crippen molar-refractivity contribution in [2.75, 3.05) is 19.6 Å². The average molecular weight is 296 g/mol. The van der Waals surface area contributed by atoms with E-state index in [0.717, 1.165) is 51.7 Å². The Kier molecular flexibility index (Phi) is 5.88. The minimum Gasteiger partial charge on any atom is -0.481 e. The highest BCUT2D eigenvalue weighted by molar-refractivity contribution is 5.75. The van der Waals surface area contributed by atoms with Crippen LogP contribution in [0.5, 0.6) is 0 Å². The third kappa shape index (κ3) is 4.35. The summed E-state index contributed by atoms with van der Waals surface area (Å²) in [6.07, 6.45) is 7.45. The van der Waals surface area contributed by atoms with Gasteiger partial charge in [-0.15, -0.1) is 0 Å². The molecule has 5 nitrogen and oxygen atoms in total. The fourth-order valence-electron chi connectivity index (χ4n) is 3.66. The van der Waals surface area contributed by atoms with Gasteiger partial charge < -0.3 is 14.9 Å². The minimum atomic E-state index is -0.736. The van der Waals surface area contributed by atoms with Gasteiger partial charge in [-0.25, -0.2) is 4.79 Å². The number of carboxylic acids is 1. The number of carbonyl (C=O) groups is 2. The molecule has 0 radical (unpaired) electrons. The molecule has 1 N–H and O–H groups in total. The van der Waals surface area contributed by atoms with E-state index >= 15 is 0 Å². The first-order valence-electron chi connectivity index (χ1n) is 8.39. The summed E-state index contributed by atoms with van der Waals surface area (Å²) in [7, 11) is 0.